The van der Waals surface area contributed by atoms with Crippen molar-refractivity contribution < 1.29 is 9.53 Å². The first-order chi connectivity index (χ1) is 14.0. The van der Waals surface area contributed by atoms with Crippen LogP contribution in [-0.2, 0) is 4.79 Å². The van der Waals surface area contributed by atoms with Crippen LogP contribution in [0.25, 0.3) is 5.69 Å². The molecule has 8 heteroatoms. The number of likely N-dealkylation sites (tertiary alicyclic amines) is 1. The number of benzene rings is 1. The molecule has 1 saturated heterocycles. The van der Waals surface area contributed by atoms with Gasteiger partial charge in [-0.3, -0.25) is 14.3 Å². The van der Waals surface area contributed by atoms with Gasteiger partial charge in [0, 0.05) is 11.7 Å². The van der Waals surface area contributed by atoms with E-state index in [0.717, 1.165) is 35.5 Å². The van der Waals surface area contributed by atoms with Crippen LogP contribution in [0.15, 0.2) is 29.4 Å². The van der Waals surface area contributed by atoms with Gasteiger partial charge < -0.3 is 10.1 Å². The molecular weight excluding hydrogens is 386 g/mol. The molecular formula is C21H31N5O2S. The summed E-state index contributed by atoms with van der Waals surface area (Å²) < 4.78 is 7.37. The second-order valence-corrected chi connectivity index (χ2v) is 8.60. The summed E-state index contributed by atoms with van der Waals surface area (Å²) in [4.78, 5) is 14.6. The van der Waals surface area contributed by atoms with Gasteiger partial charge in [-0.1, -0.05) is 18.2 Å². The van der Waals surface area contributed by atoms with Crippen LogP contribution in [0.2, 0.25) is 0 Å². The molecule has 1 aliphatic heterocycles. The van der Waals surface area contributed by atoms with Crippen LogP contribution in [0.1, 0.15) is 51.9 Å². The molecule has 1 fully saturated rings. The summed E-state index contributed by atoms with van der Waals surface area (Å²) >= 11 is 1.41. The van der Waals surface area contributed by atoms with Crippen molar-refractivity contribution in [2.45, 2.75) is 57.3 Å². The van der Waals surface area contributed by atoms with E-state index in [1.165, 1.54) is 31.0 Å². The topological polar surface area (TPSA) is 72.3 Å². The number of carbonyl (C=O) groups excluding carboxylic acids is 1. The zero-order valence-electron chi connectivity index (χ0n) is 17.7. The molecule has 158 valence electrons. The minimum Gasteiger partial charge on any atom is -0.497 e. The SMILES string of the molecule is COc1ccc(-n2c(SCC(=O)NC(C)C)nnc2[C@H](C)N2CCCCC2)cc1. The number of hydrogen-bond acceptors (Lipinski definition) is 6. The van der Waals surface area contributed by atoms with Crippen molar-refractivity contribution >= 4 is 17.7 Å². The van der Waals surface area contributed by atoms with Crippen molar-refractivity contribution in [3.8, 4) is 11.4 Å². The highest BCUT2D eigenvalue weighted by molar-refractivity contribution is 7.99. The molecule has 0 spiro atoms. The van der Waals surface area contributed by atoms with Crippen molar-refractivity contribution in [2.75, 3.05) is 26.0 Å². The Morgan fingerprint density at radius 2 is 1.83 bits per heavy atom. The van der Waals surface area contributed by atoms with Crippen LogP contribution in [0.3, 0.4) is 0 Å². The van der Waals surface area contributed by atoms with Gasteiger partial charge >= 0.3 is 0 Å². The summed E-state index contributed by atoms with van der Waals surface area (Å²) in [7, 11) is 1.66. The van der Waals surface area contributed by atoms with E-state index in [9.17, 15) is 4.79 Å². The maximum atomic E-state index is 12.1. The largest absolute Gasteiger partial charge is 0.497 e. The second kappa shape index (κ2) is 10.1. The van der Waals surface area contributed by atoms with Gasteiger partial charge in [-0.15, -0.1) is 10.2 Å². The number of thioether (sulfide) groups is 1. The molecule has 29 heavy (non-hydrogen) atoms. The predicted octanol–water partition coefficient (Wildman–Crippen LogP) is 3.44. The van der Waals surface area contributed by atoms with Gasteiger partial charge in [0.05, 0.1) is 18.9 Å². The number of piperidine rings is 1. The smallest absolute Gasteiger partial charge is 0.230 e. The fraction of sp³-hybridized carbons (Fsp3) is 0.571. The molecule has 2 heterocycles. The van der Waals surface area contributed by atoms with Crippen molar-refractivity contribution in [2.24, 2.45) is 0 Å². The lowest BCUT2D eigenvalue weighted by Crippen LogP contribution is -2.33. The summed E-state index contributed by atoms with van der Waals surface area (Å²) in [5.74, 6) is 2.02. The number of hydrogen-bond donors (Lipinski definition) is 1. The summed E-state index contributed by atoms with van der Waals surface area (Å²) in [6, 6.07) is 8.16. The van der Waals surface area contributed by atoms with Crippen molar-refractivity contribution in [3.05, 3.63) is 30.1 Å². The first-order valence-electron chi connectivity index (χ1n) is 10.3. The number of amides is 1. The number of nitrogens with zero attached hydrogens (tertiary/aromatic N) is 4. The minimum atomic E-state index is -0.0000834. The van der Waals surface area contributed by atoms with E-state index >= 15 is 0 Å². The van der Waals surface area contributed by atoms with Crippen LogP contribution < -0.4 is 10.1 Å². The maximum Gasteiger partial charge on any atom is 0.230 e. The van der Waals surface area contributed by atoms with Crippen molar-refractivity contribution in [1.82, 2.24) is 25.0 Å². The van der Waals surface area contributed by atoms with Gasteiger partial charge in [-0.25, -0.2) is 0 Å². The molecule has 1 aliphatic rings. The highest BCUT2D eigenvalue weighted by atomic mass is 32.2. The van der Waals surface area contributed by atoms with Crippen LogP contribution in [0.4, 0.5) is 0 Å². The van der Waals surface area contributed by atoms with Crippen LogP contribution in [-0.4, -0.2) is 57.6 Å². The van der Waals surface area contributed by atoms with E-state index in [4.69, 9.17) is 4.74 Å². The fourth-order valence-corrected chi connectivity index (χ4v) is 4.35. The molecule has 0 saturated carbocycles. The molecule has 1 atom stereocenters. The van der Waals surface area contributed by atoms with Crippen LogP contribution >= 0.6 is 11.8 Å². The number of ether oxygens (including phenoxy) is 1. The molecule has 1 amide bonds. The van der Waals surface area contributed by atoms with E-state index in [2.05, 4.69) is 31.9 Å². The lowest BCUT2D eigenvalue weighted by molar-refractivity contribution is -0.119. The van der Waals surface area contributed by atoms with Gasteiger partial charge in [0.1, 0.15) is 5.75 Å². The fourth-order valence-electron chi connectivity index (χ4n) is 3.58. The third kappa shape index (κ3) is 5.51. The third-order valence-electron chi connectivity index (χ3n) is 5.08. The Morgan fingerprint density at radius 1 is 1.14 bits per heavy atom. The van der Waals surface area contributed by atoms with Crippen molar-refractivity contribution in [1.29, 1.82) is 0 Å². The number of nitrogens with one attached hydrogen (secondary N) is 1. The van der Waals surface area contributed by atoms with E-state index < -0.39 is 0 Å². The number of aromatic nitrogens is 3. The molecule has 0 radical (unpaired) electrons. The lowest BCUT2D eigenvalue weighted by Gasteiger charge is -2.31. The highest BCUT2D eigenvalue weighted by Gasteiger charge is 2.25. The van der Waals surface area contributed by atoms with Gasteiger partial charge in [-0.2, -0.15) is 0 Å². The van der Waals surface area contributed by atoms with Gasteiger partial charge in [0.15, 0.2) is 11.0 Å². The Morgan fingerprint density at radius 3 is 2.45 bits per heavy atom. The van der Waals surface area contributed by atoms with E-state index in [1.54, 1.807) is 7.11 Å². The predicted molar refractivity (Wildman–Crippen MR) is 116 cm³/mol. The molecule has 1 aromatic heterocycles. The highest BCUT2D eigenvalue weighted by Crippen LogP contribution is 2.30. The van der Waals surface area contributed by atoms with Gasteiger partial charge in [0.2, 0.25) is 5.91 Å². The standard InChI is InChI=1S/C21H31N5O2S/c1-15(2)22-19(27)14-29-21-24-23-20(16(3)25-12-6-5-7-13-25)26(21)17-8-10-18(28-4)11-9-17/h8-11,15-16H,5-7,12-14H2,1-4H3,(H,22,27)/t16-/m0/s1. The zero-order valence-corrected chi connectivity index (χ0v) is 18.5. The van der Waals surface area contributed by atoms with Gasteiger partial charge in [-0.05, 0) is 71.0 Å². The Hall–Kier alpha value is -2.06. The minimum absolute atomic E-state index is 0.0000834. The molecule has 1 aromatic carbocycles. The second-order valence-electron chi connectivity index (χ2n) is 7.66. The average Bonchev–Trinajstić information content (AvgIpc) is 3.16. The number of carbonyl (C=O) groups is 1. The molecule has 7 nitrogen and oxygen atoms in total. The average molecular weight is 418 g/mol. The van der Waals surface area contributed by atoms with Gasteiger partial charge in [0.25, 0.3) is 0 Å². The lowest BCUT2D eigenvalue weighted by atomic mass is 10.1. The maximum absolute atomic E-state index is 12.1. The number of methoxy groups -OCH3 is 1. The molecule has 0 aliphatic carbocycles. The quantitative estimate of drug-likeness (QED) is 0.664. The van der Waals surface area contributed by atoms with Crippen LogP contribution in [0, 0.1) is 0 Å². The summed E-state index contributed by atoms with van der Waals surface area (Å²) in [6.07, 6.45) is 3.73. The van der Waals surface area contributed by atoms with Crippen molar-refractivity contribution in [3.63, 3.8) is 0 Å². The third-order valence-corrected chi connectivity index (χ3v) is 6.01. The Bertz CT molecular complexity index is 800. The van der Waals surface area contributed by atoms with E-state index in [1.807, 2.05) is 38.1 Å². The van der Waals surface area contributed by atoms with Crippen LogP contribution in [0.5, 0.6) is 5.75 Å². The molecule has 1 N–H and O–H groups in total. The Kier molecular flexibility index (Phi) is 7.55. The zero-order chi connectivity index (χ0) is 20.8. The van der Waals surface area contributed by atoms with E-state index in [0.29, 0.717) is 5.75 Å². The molecule has 0 bridgehead atoms. The molecule has 3 rings (SSSR count). The summed E-state index contributed by atoms with van der Waals surface area (Å²) in [6.45, 7) is 8.27. The van der Waals surface area contributed by atoms with E-state index in [-0.39, 0.29) is 18.0 Å². The number of rotatable bonds is 8. The normalized spacial score (nSPS) is 16.0. The first-order valence-corrected chi connectivity index (χ1v) is 11.2. The Labute approximate surface area is 177 Å². The monoisotopic (exact) mass is 417 g/mol. The molecule has 2 aromatic rings. The Balaban J connectivity index is 1.88. The summed E-state index contributed by atoms with van der Waals surface area (Å²) in [5, 5.41) is 12.6. The molecule has 0 unspecified atom stereocenters. The summed E-state index contributed by atoms with van der Waals surface area (Å²) in [5.41, 5.74) is 0.974. The first kappa shape index (κ1) is 21.6.